The molecule has 1 amide bonds. The van der Waals surface area contributed by atoms with Crippen molar-refractivity contribution in [3.05, 3.63) is 28.2 Å². The number of amides is 1. The largest absolute Gasteiger partial charge is 0.444 e. The van der Waals surface area contributed by atoms with Crippen LogP contribution in [-0.4, -0.2) is 36.2 Å². The average Bonchev–Trinajstić information content (AvgIpc) is 2.45. The Hall–Kier alpha value is -1.13. The Kier molecular flexibility index (Phi) is 6.04. The molecule has 1 aromatic carbocycles. The molecular formula is C17H24Cl2N2O2. The number of carbonyl (C=O) groups excluding carboxylic acids is 1. The van der Waals surface area contributed by atoms with Gasteiger partial charge in [0, 0.05) is 24.7 Å². The van der Waals surface area contributed by atoms with Crippen LogP contribution in [0.1, 0.15) is 33.6 Å². The van der Waals surface area contributed by atoms with Crippen LogP contribution in [0.2, 0.25) is 10.0 Å². The quantitative estimate of drug-likeness (QED) is 0.821. The molecule has 1 fully saturated rings. The summed E-state index contributed by atoms with van der Waals surface area (Å²) in [4.78, 5) is 13.8. The number of nitrogens with zero attached hydrogens (tertiary/aromatic N) is 1. The van der Waals surface area contributed by atoms with Crippen LogP contribution in [-0.2, 0) is 4.74 Å². The molecule has 128 valence electrons. The van der Waals surface area contributed by atoms with Crippen LogP contribution in [0.25, 0.3) is 0 Å². The predicted molar refractivity (Wildman–Crippen MR) is 95.5 cm³/mol. The average molecular weight is 359 g/mol. The number of carbonyl (C=O) groups is 1. The highest BCUT2D eigenvalue weighted by molar-refractivity contribution is 6.36. The number of benzene rings is 1. The minimum Gasteiger partial charge on any atom is -0.444 e. The van der Waals surface area contributed by atoms with E-state index in [2.05, 4.69) is 5.32 Å². The van der Waals surface area contributed by atoms with Gasteiger partial charge >= 0.3 is 6.09 Å². The smallest absolute Gasteiger partial charge is 0.410 e. The first-order valence-corrected chi connectivity index (χ1v) is 8.67. The van der Waals surface area contributed by atoms with Crippen LogP contribution in [0.3, 0.4) is 0 Å². The van der Waals surface area contributed by atoms with Gasteiger partial charge < -0.3 is 15.0 Å². The molecule has 23 heavy (non-hydrogen) atoms. The SMILES string of the molecule is CC(C)(C)OC(=O)N1CCC(CNc2ccc(Cl)cc2Cl)CC1. The van der Waals surface area contributed by atoms with E-state index in [1.807, 2.05) is 32.9 Å². The molecule has 4 nitrogen and oxygen atoms in total. The van der Waals surface area contributed by atoms with Gasteiger partial charge in [-0.05, 0) is 57.7 Å². The van der Waals surface area contributed by atoms with Crippen molar-refractivity contribution in [2.45, 2.75) is 39.2 Å². The molecule has 0 unspecified atom stereocenters. The highest BCUT2D eigenvalue weighted by Crippen LogP contribution is 2.27. The highest BCUT2D eigenvalue weighted by atomic mass is 35.5. The summed E-state index contributed by atoms with van der Waals surface area (Å²) in [5, 5.41) is 4.63. The van der Waals surface area contributed by atoms with Crippen molar-refractivity contribution in [1.82, 2.24) is 4.90 Å². The van der Waals surface area contributed by atoms with E-state index in [9.17, 15) is 4.79 Å². The van der Waals surface area contributed by atoms with Gasteiger partial charge in [0.05, 0.1) is 10.7 Å². The number of anilines is 1. The third-order valence-electron chi connectivity index (χ3n) is 3.78. The lowest BCUT2D eigenvalue weighted by Gasteiger charge is -2.33. The number of nitrogens with one attached hydrogen (secondary N) is 1. The van der Waals surface area contributed by atoms with E-state index >= 15 is 0 Å². The molecule has 0 saturated carbocycles. The van der Waals surface area contributed by atoms with Crippen LogP contribution in [0.5, 0.6) is 0 Å². The molecule has 2 rings (SSSR count). The Morgan fingerprint density at radius 1 is 1.30 bits per heavy atom. The van der Waals surface area contributed by atoms with Crippen molar-refractivity contribution in [3.63, 3.8) is 0 Å². The van der Waals surface area contributed by atoms with Crippen LogP contribution in [0.15, 0.2) is 18.2 Å². The minimum absolute atomic E-state index is 0.218. The number of ether oxygens (including phenoxy) is 1. The molecule has 6 heteroatoms. The van der Waals surface area contributed by atoms with E-state index in [1.165, 1.54) is 0 Å². The Morgan fingerprint density at radius 3 is 2.52 bits per heavy atom. The lowest BCUT2D eigenvalue weighted by molar-refractivity contribution is 0.0188. The molecule has 0 radical (unpaired) electrons. The topological polar surface area (TPSA) is 41.6 Å². The Balaban J connectivity index is 1.77. The van der Waals surface area contributed by atoms with Crippen molar-refractivity contribution >= 4 is 35.0 Å². The first kappa shape index (κ1) is 18.2. The maximum Gasteiger partial charge on any atom is 0.410 e. The van der Waals surface area contributed by atoms with Gasteiger partial charge in [0.15, 0.2) is 0 Å². The molecular weight excluding hydrogens is 335 g/mol. The van der Waals surface area contributed by atoms with Gasteiger partial charge in [0.25, 0.3) is 0 Å². The minimum atomic E-state index is -0.444. The van der Waals surface area contributed by atoms with Crippen LogP contribution < -0.4 is 5.32 Å². The first-order valence-electron chi connectivity index (χ1n) is 7.91. The third kappa shape index (κ3) is 5.78. The number of hydrogen-bond donors (Lipinski definition) is 1. The number of likely N-dealkylation sites (tertiary alicyclic amines) is 1. The second-order valence-electron chi connectivity index (χ2n) is 6.92. The lowest BCUT2D eigenvalue weighted by Crippen LogP contribution is -2.42. The fourth-order valence-electron chi connectivity index (χ4n) is 2.53. The van der Waals surface area contributed by atoms with Crippen molar-refractivity contribution in [3.8, 4) is 0 Å². The molecule has 1 aliphatic rings. The zero-order valence-corrected chi connectivity index (χ0v) is 15.4. The Bertz CT molecular complexity index is 550. The van der Waals surface area contributed by atoms with Crippen molar-refractivity contribution in [2.75, 3.05) is 25.0 Å². The summed E-state index contributed by atoms with van der Waals surface area (Å²) < 4.78 is 5.41. The zero-order valence-electron chi connectivity index (χ0n) is 13.9. The fraction of sp³-hybridized carbons (Fsp3) is 0.588. The predicted octanol–water partition coefficient (Wildman–Crippen LogP) is 5.05. The summed E-state index contributed by atoms with van der Waals surface area (Å²) in [7, 11) is 0. The fourth-order valence-corrected chi connectivity index (χ4v) is 3.01. The highest BCUT2D eigenvalue weighted by Gasteiger charge is 2.26. The molecule has 1 aromatic rings. The van der Waals surface area contributed by atoms with E-state index in [4.69, 9.17) is 27.9 Å². The number of hydrogen-bond acceptors (Lipinski definition) is 3. The van der Waals surface area contributed by atoms with Crippen LogP contribution in [0, 0.1) is 5.92 Å². The number of rotatable bonds is 3. The van der Waals surface area contributed by atoms with Gasteiger partial charge in [0.1, 0.15) is 5.60 Å². The van der Waals surface area contributed by atoms with E-state index < -0.39 is 5.60 Å². The summed E-state index contributed by atoms with van der Waals surface area (Å²) in [6, 6.07) is 5.44. The molecule has 1 aliphatic heterocycles. The standard InChI is InChI=1S/C17H24Cl2N2O2/c1-17(2,3)23-16(22)21-8-6-12(7-9-21)11-20-15-5-4-13(18)10-14(15)19/h4-5,10,12,20H,6-9,11H2,1-3H3. The molecule has 0 atom stereocenters. The third-order valence-corrected chi connectivity index (χ3v) is 4.33. The van der Waals surface area contributed by atoms with Crippen molar-refractivity contribution in [2.24, 2.45) is 5.92 Å². The monoisotopic (exact) mass is 358 g/mol. The molecule has 0 aromatic heterocycles. The van der Waals surface area contributed by atoms with Gasteiger partial charge in [-0.2, -0.15) is 0 Å². The number of halogens is 2. The van der Waals surface area contributed by atoms with Gasteiger partial charge in [0.2, 0.25) is 0 Å². The Morgan fingerprint density at radius 2 is 1.96 bits per heavy atom. The van der Waals surface area contributed by atoms with E-state index in [-0.39, 0.29) is 6.09 Å². The van der Waals surface area contributed by atoms with Crippen LogP contribution >= 0.6 is 23.2 Å². The van der Waals surface area contributed by atoms with Gasteiger partial charge in [-0.1, -0.05) is 23.2 Å². The van der Waals surface area contributed by atoms with Gasteiger partial charge in [-0.25, -0.2) is 4.79 Å². The molecule has 0 bridgehead atoms. The first-order chi connectivity index (χ1) is 10.7. The van der Waals surface area contributed by atoms with Gasteiger partial charge in [-0.15, -0.1) is 0 Å². The van der Waals surface area contributed by atoms with E-state index in [1.54, 1.807) is 11.0 Å². The van der Waals surface area contributed by atoms with E-state index in [0.29, 0.717) is 16.0 Å². The Labute approximate surface area is 148 Å². The molecule has 1 N–H and O–H groups in total. The number of piperidine rings is 1. The van der Waals surface area contributed by atoms with Crippen LogP contribution in [0.4, 0.5) is 10.5 Å². The summed E-state index contributed by atoms with van der Waals surface area (Å²) in [6.07, 6.45) is 1.69. The molecule has 0 spiro atoms. The zero-order chi connectivity index (χ0) is 17.0. The molecule has 1 heterocycles. The summed E-state index contributed by atoms with van der Waals surface area (Å²) in [5.74, 6) is 0.514. The van der Waals surface area contributed by atoms with E-state index in [0.717, 1.165) is 38.2 Å². The summed E-state index contributed by atoms with van der Waals surface area (Å²) >= 11 is 12.1. The van der Waals surface area contributed by atoms with Gasteiger partial charge in [-0.3, -0.25) is 0 Å². The summed E-state index contributed by atoms with van der Waals surface area (Å²) in [5.41, 5.74) is 0.450. The second kappa shape index (κ2) is 7.63. The summed E-state index contributed by atoms with van der Waals surface area (Å²) in [6.45, 7) is 7.96. The maximum atomic E-state index is 12.0. The lowest BCUT2D eigenvalue weighted by atomic mass is 9.97. The molecule has 0 aliphatic carbocycles. The van der Waals surface area contributed by atoms with Crippen molar-refractivity contribution in [1.29, 1.82) is 0 Å². The van der Waals surface area contributed by atoms with Crippen molar-refractivity contribution < 1.29 is 9.53 Å². The molecule has 1 saturated heterocycles. The second-order valence-corrected chi connectivity index (χ2v) is 7.76. The maximum absolute atomic E-state index is 12.0. The normalized spacial score (nSPS) is 16.3.